The molecule has 0 amide bonds. The molecule has 0 radical (unpaired) electrons. The summed E-state index contributed by atoms with van der Waals surface area (Å²) in [6, 6.07) is 19.0. The van der Waals surface area contributed by atoms with Gasteiger partial charge < -0.3 is 15.2 Å². The first-order chi connectivity index (χ1) is 16.0. The van der Waals surface area contributed by atoms with E-state index in [1.54, 1.807) is 7.05 Å². The Balaban J connectivity index is 1.38. The van der Waals surface area contributed by atoms with E-state index >= 15 is 0 Å². The monoisotopic (exact) mass is 441 g/mol. The Kier molecular flexibility index (Phi) is 6.88. The Labute approximate surface area is 195 Å². The smallest absolute Gasteiger partial charge is 0.191 e. The predicted octanol–water partition coefficient (Wildman–Crippen LogP) is 3.91. The van der Waals surface area contributed by atoms with Crippen LogP contribution in [0.5, 0.6) is 0 Å². The van der Waals surface area contributed by atoms with Crippen molar-refractivity contribution in [2.45, 2.75) is 40.4 Å². The van der Waals surface area contributed by atoms with Gasteiger partial charge in [-0.1, -0.05) is 42.5 Å². The summed E-state index contributed by atoms with van der Waals surface area (Å²) < 4.78 is 4.14. The molecule has 0 fully saturated rings. The van der Waals surface area contributed by atoms with Crippen molar-refractivity contribution in [3.05, 3.63) is 101 Å². The average molecular weight is 442 g/mol. The minimum atomic E-state index is 0.647. The highest BCUT2D eigenvalue weighted by Gasteiger charge is 2.09. The van der Waals surface area contributed by atoms with Gasteiger partial charge in [-0.05, 0) is 49.6 Å². The van der Waals surface area contributed by atoms with Gasteiger partial charge in [-0.3, -0.25) is 4.99 Å². The number of imidazole rings is 1. The second kappa shape index (κ2) is 10.2. The van der Waals surface area contributed by atoms with Crippen molar-refractivity contribution in [3.63, 3.8) is 0 Å². The summed E-state index contributed by atoms with van der Waals surface area (Å²) >= 11 is 0. The van der Waals surface area contributed by atoms with Gasteiger partial charge in [-0.25, -0.2) is 9.67 Å². The van der Waals surface area contributed by atoms with Crippen LogP contribution in [0, 0.1) is 20.8 Å². The van der Waals surface area contributed by atoms with Crippen molar-refractivity contribution in [1.29, 1.82) is 0 Å². The summed E-state index contributed by atoms with van der Waals surface area (Å²) in [6.07, 6.45) is 3.85. The lowest BCUT2D eigenvalue weighted by Gasteiger charge is -2.15. The highest BCUT2D eigenvalue weighted by molar-refractivity contribution is 5.79. The fraction of sp³-hybridized carbons (Fsp3) is 0.269. The quantitative estimate of drug-likeness (QED) is 0.337. The lowest BCUT2D eigenvalue weighted by atomic mass is 10.1. The van der Waals surface area contributed by atoms with Crippen LogP contribution < -0.4 is 10.6 Å². The first-order valence-electron chi connectivity index (χ1n) is 11.1. The lowest BCUT2D eigenvalue weighted by Crippen LogP contribution is -2.36. The molecule has 0 aliphatic heterocycles. The molecule has 2 aromatic heterocycles. The number of nitrogens with zero attached hydrogens (tertiary/aromatic N) is 5. The fourth-order valence-corrected chi connectivity index (χ4v) is 3.93. The number of nitrogens with one attached hydrogen (secondary N) is 2. The molecule has 4 rings (SSSR count). The van der Waals surface area contributed by atoms with Crippen LogP contribution in [-0.2, 0) is 19.6 Å². The Morgan fingerprint density at radius 3 is 2.45 bits per heavy atom. The van der Waals surface area contributed by atoms with Crippen LogP contribution in [0.1, 0.15) is 33.9 Å². The summed E-state index contributed by atoms with van der Waals surface area (Å²) in [5, 5.41) is 11.5. The first kappa shape index (κ1) is 22.3. The SMILES string of the molecule is CN=C(NCc1cccc(Cn2ccnc2C)c1)NCc1ccccc1-n1nc(C)cc1C. The summed E-state index contributed by atoms with van der Waals surface area (Å²) in [7, 11) is 1.79. The number of hydrogen-bond acceptors (Lipinski definition) is 3. The third kappa shape index (κ3) is 5.49. The number of benzene rings is 2. The van der Waals surface area contributed by atoms with E-state index in [1.807, 2.05) is 37.0 Å². The minimum absolute atomic E-state index is 0.647. The van der Waals surface area contributed by atoms with Gasteiger partial charge in [0.25, 0.3) is 0 Å². The maximum atomic E-state index is 4.64. The van der Waals surface area contributed by atoms with Crippen LogP contribution in [0.15, 0.2) is 72.0 Å². The Morgan fingerprint density at radius 2 is 1.73 bits per heavy atom. The van der Waals surface area contributed by atoms with Crippen molar-refractivity contribution < 1.29 is 0 Å². The molecule has 0 spiro atoms. The zero-order valence-corrected chi connectivity index (χ0v) is 19.7. The van der Waals surface area contributed by atoms with Gasteiger partial charge in [0.1, 0.15) is 5.82 Å². The molecule has 0 saturated heterocycles. The molecule has 2 aromatic carbocycles. The molecule has 4 aromatic rings. The molecule has 170 valence electrons. The molecular formula is C26H31N7. The summed E-state index contributed by atoms with van der Waals surface area (Å²) in [6.45, 7) is 8.27. The van der Waals surface area contributed by atoms with Crippen LogP contribution in [0.4, 0.5) is 0 Å². The third-order valence-corrected chi connectivity index (χ3v) is 5.63. The maximum absolute atomic E-state index is 4.64. The van der Waals surface area contributed by atoms with Crippen LogP contribution in [0.3, 0.4) is 0 Å². The van der Waals surface area contributed by atoms with Gasteiger partial charge in [-0.2, -0.15) is 5.10 Å². The normalized spacial score (nSPS) is 11.6. The van der Waals surface area contributed by atoms with E-state index in [2.05, 4.69) is 85.7 Å². The fourth-order valence-electron chi connectivity index (χ4n) is 3.93. The molecule has 0 unspecified atom stereocenters. The molecule has 2 heterocycles. The van der Waals surface area contributed by atoms with Gasteiger partial charge in [0, 0.05) is 44.8 Å². The molecule has 0 atom stereocenters. The Morgan fingerprint density at radius 1 is 0.939 bits per heavy atom. The summed E-state index contributed by atoms with van der Waals surface area (Å²) in [4.78, 5) is 8.70. The van der Waals surface area contributed by atoms with Crippen LogP contribution in [0.25, 0.3) is 5.69 Å². The van der Waals surface area contributed by atoms with Crippen LogP contribution >= 0.6 is 0 Å². The predicted molar refractivity (Wildman–Crippen MR) is 133 cm³/mol. The Hall–Kier alpha value is -3.87. The van der Waals surface area contributed by atoms with Crippen molar-refractivity contribution in [3.8, 4) is 5.69 Å². The van der Waals surface area contributed by atoms with E-state index < -0.39 is 0 Å². The molecule has 0 bridgehead atoms. The molecule has 0 aliphatic rings. The zero-order valence-electron chi connectivity index (χ0n) is 19.7. The molecule has 0 saturated carbocycles. The lowest BCUT2D eigenvalue weighted by molar-refractivity contribution is 0.757. The van der Waals surface area contributed by atoms with Gasteiger partial charge in [0.05, 0.1) is 11.4 Å². The van der Waals surface area contributed by atoms with Crippen molar-refractivity contribution in [2.75, 3.05) is 7.05 Å². The summed E-state index contributed by atoms with van der Waals surface area (Å²) in [5.74, 6) is 1.78. The van der Waals surface area contributed by atoms with E-state index in [0.717, 1.165) is 41.0 Å². The second-order valence-corrected chi connectivity index (χ2v) is 8.17. The van der Waals surface area contributed by atoms with Crippen LogP contribution in [-0.4, -0.2) is 32.3 Å². The maximum Gasteiger partial charge on any atom is 0.191 e. The highest BCUT2D eigenvalue weighted by Crippen LogP contribution is 2.17. The average Bonchev–Trinajstić information content (AvgIpc) is 3.38. The second-order valence-electron chi connectivity index (χ2n) is 8.17. The number of aryl methyl sites for hydroxylation is 3. The third-order valence-electron chi connectivity index (χ3n) is 5.63. The number of rotatable bonds is 7. The van der Waals surface area contributed by atoms with E-state index in [4.69, 9.17) is 0 Å². The zero-order chi connectivity index (χ0) is 23.2. The van der Waals surface area contributed by atoms with E-state index in [9.17, 15) is 0 Å². The van der Waals surface area contributed by atoms with Crippen molar-refractivity contribution in [2.24, 2.45) is 4.99 Å². The molecule has 2 N–H and O–H groups in total. The number of aliphatic imine (C=N–C) groups is 1. The topological polar surface area (TPSA) is 72.1 Å². The number of hydrogen-bond donors (Lipinski definition) is 2. The van der Waals surface area contributed by atoms with Gasteiger partial charge >= 0.3 is 0 Å². The molecule has 0 aliphatic carbocycles. The number of para-hydroxylation sites is 1. The van der Waals surface area contributed by atoms with Gasteiger partial charge in [0.15, 0.2) is 5.96 Å². The van der Waals surface area contributed by atoms with E-state index in [0.29, 0.717) is 13.1 Å². The van der Waals surface area contributed by atoms with Crippen molar-refractivity contribution >= 4 is 5.96 Å². The van der Waals surface area contributed by atoms with Gasteiger partial charge in [0.2, 0.25) is 0 Å². The molecule has 7 heteroatoms. The summed E-state index contributed by atoms with van der Waals surface area (Å²) in [5.41, 5.74) is 6.82. The van der Waals surface area contributed by atoms with Crippen molar-refractivity contribution in [1.82, 2.24) is 30.0 Å². The minimum Gasteiger partial charge on any atom is -0.352 e. The standard InChI is InChI=1S/C26H31N7/c1-19-14-20(2)33(31-19)25-11-6-5-10-24(25)17-30-26(27-4)29-16-22-8-7-9-23(15-22)18-32-13-12-28-21(32)3/h5-15H,16-18H2,1-4H3,(H2,27,29,30). The van der Waals surface area contributed by atoms with Gasteiger partial charge in [-0.15, -0.1) is 0 Å². The first-order valence-corrected chi connectivity index (χ1v) is 11.1. The molecule has 33 heavy (non-hydrogen) atoms. The molecule has 7 nitrogen and oxygen atoms in total. The highest BCUT2D eigenvalue weighted by atomic mass is 15.3. The molecular weight excluding hydrogens is 410 g/mol. The number of aromatic nitrogens is 4. The largest absolute Gasteiger partial charge is 0.352 e. The van der Waals surface area contributed by atoms with Crippen LogP contribution in [0.2, 0.25) is 0 Å². The van der Waals surface area contributed by atoms with E-state index in [-0.39, 0.29) is 0 Å². The van der Waals surface area contributed by atoms with E-state index in [1.165, 1.54) is 11.1 Å². The Bertz CT molecular complexity index is 1250. The number of guanidine groups is 1.